The van der Waals surface area contributed by atoms with Crippen molar-refractivity contribution >= 4 is 17.5 Å². The second-order valence-electron chi connectivity index (χ2n) is 5.17. The van der Waals surface area contributed by atoms with E-state index in [1.165, 1.54) is 11.5 Å². The van der Waals surface area contributed by atoms with Crippen LogP contribution in [0.15, 0.2) is 6.07 Å². The molecule has 3 rings (SSSR count). The number of fused-ring (bicyclic) bond motifs is 1. The van der Waals surface area contributed by atoms with Gasteiger partial charge in [0.1, 0.15) is 6.61 Å². The van der Waals surface area contributed by atoms with E-state index in [-0.39, 0.29) is 18.8 Å². The van der Waals surface area contributed by atoms with E-state index in [1.807, 2.05) is 13.8 Å². The minimum absolute atomic E-state index is 0.0532. The fourth-order valence-electron chi connectivity index (χ4n) is 2.51. The summed E-state index contributed by atoms with van der Waals surface area (Å²) in [7, 11) is 1.55. The molecule has 0 saturated carbocycles. The molecule has 118 valence electrons. The van der Waals surface area contributed by atoms with Crippen LogP contribution in [0.25, 0.3) is 0 Å². The third-order valence-electron chi connectivity index (χ3n) is 3.52. The Hall–Kier alpha value is -1.93. The Bertz CT molecular complexity index is 681. The quantitative estimate of drug-likeness (QED) is 0.869. The zero-order chi connectivity index (χ0) is 15.7. The molecule has 0 saturated heterocycles. The fraction of sp³-hybridized carbons (Fsp3) is 0.500. The average Bonchev–Trinajstić information content (AvgIpc) is 3.11. The molecule has 2 aromatic heterocycles. The van der Waals surface area contributed by atoms with Crippen LogP contribution in [0.5, 0.6) is 5.88 Å². The standard InChI is InChI=1S/C14H17N3O4S/c1-7-4-10-12(8(2)21-7)15-16-13(10)14(18)20-6-9-5-11(19-3)17-22-9/h5,7-8H,4,6H2,1-3H3,(H,15,16)/t7-,8+/m0/s1. The maximum atomic E-state index is 12.2. The molecule has 0 unspecified atom stereocenters. The van der Waals surface area contributed by atoms with Crippen molar-refractivity contribution in [3.8, 4) is 5.88 Å². The van der Waals surface area contributed by atoms with E-state index in [9.17, 15) is 4.79 Å². The molecule has 2 atom stereocenters. The molecule has 0 fully saturated rings. The molecular weight excluding hydrogens is 306 g/mol. The average molecular weight is 323 g/mol. The summed E-state index contributed by atoms with van der Waals surface area (Å²) >= 11 is 1.24. The molecule has 0 aromatic carbocycles. The van der Waals surface area contributed by atoms with E-state index in [4.69, 9.17) is 14.2 Å². The lowest BCUT2D eigenvalue weighted by atomic mass is 10.00. The minimum atomic E-state index is -0.439. The van der Waals surface area contributed by atoms with Crippen LogP contribution in [0.4, 0.5) is 0 Å². The summed E-state index contributed by atoms with van der Waals surface area (Å²) in [5, 5.41) is 6.98. The Morgan fingerprint density at radius 2 is 2.36 bits per heavy atom. The van der Waals surface area contributed by atoms with Gasteiger partial charge in [-0.25, -0.2) is 4.79 Å². The summed E-state index contributed by atoms with van der Waals surface area (Å²) < 4.78 is 20.1. The fourth-order valence-corrected chi connectivity index (χ4v) is 3.11. The third kappa shape index (κ3) is 2.84. The second-order valence-corrected chi connectivity index (χ2v) is 6.06. The number of nitrogens with one attached hydrogen (secondary N) is 1. The highest BCUT2D eigenvalue weighted by Gasteiger charge is 2.30. The summed E-state index contributed by atoms with van der Waals surface area (Å²) in [6.45, 7) is 4.07. The number of rotatable bonds is 4. The Kier molecular flexibility index (Phi) is 4.12. The molecule has 1 aliphatic heterocycles. The Labute approximate surface area is 131 Å². The number of esters is 1. The third-order valence-corrected chi connectivity index (χ3v) is 4.26. The van der Waals surface area contributed by atoms with Gasteiger partial charge in [-0.2, -0.15) is 9.47 Å². The van der Waals surface area contributed by atoms with Crippen LogP contribution in [-0.4, -0.2) is 33.8 Å². The summed E-state index contributed by atoms with van der Waals surface area (Å²) in [5.74, 6) is 0.0826. The molecule has 0 aliphatic carbocycles. The van der Waals surface area contributed by atoms with Crippen LogP contribution in [-0.2, 0) is 22.5 Å². The van der Waals surface area contributed by atoms with Gasteiger partial charge in [-0.15, -0.1) is 0 Å². The first-order chi connectivity index (χ1) is 10.6. The van der Waals surface area contributed by atoms with Gasteiger partial charge in [0.05, 0.1) is 29.9 Å². The molecule has 3 heterocycles. The van der Waals surface area contributed by atoms with Gasteiger partial charge in [-0.3, -0.25) is 5.10 Å². The van der Waals surface area contributed by atoms with E-state index < -0.39 is 5.97 Å². The molecule has 22 heavy (non-hydrogen) atoms. The Balaban J connectivity index is 1.70. The summed E-state index contributed by atoms with van der Waals surface area (Å²) in [4.78, 5) is 13.1. The predicted octanol–water partition coefficient (Wildman–Crippen LogP) is 2.25. The maximum absolute atomic E-state index is 12.2. The monoisotopic (exact) mass is 323 g/mol. The van der Waals surface area contributed by atoms with Gasteiger partial charge in [0.15, 0.2) is 5.69 Å². The topological polar surface area (TPSA) is 86.3 Å². The minimum Gasteiger partial charge on any atom is -0.480 e. The molecule has 8 heteroatoms. The van der Waals surface area contributed by atoms with Gasteiger partial charge in [0.25, 0.3) is 0 Å². The maximum Gasteiger partial charge on any atom is 0.359 e. The van der Waals surface area contributed by atoms with Crippen molar-refractivity contribution in [1.82, 2.24) is 14.6 Å². The highest BCUT2D eigenvalue weighted by Crippen LogP contribution is 2.30. The smallest absolute Gasteiger partial charge is 0.359 e. The number of carbonyl (C=O) groups is 1. The van der Waals surface area contributed by atoms with E-state index >= 15 is 0 Å². The number of aromatic amines is 1. The van der Waals surface area contributed by atoms with Crippen molar-refractivity contribution in [2.75, 3.05) is 7.11 Å². The number of carbonyl (C=O) groups excluding carboxylic acids is 1. The number of ether oxygens (including phenoxy) is 3. The second kappa shape index (κ2) is 6.05. The van der Waals surface area contributed by atoms with Crippen LogP contribution >= 0.6 is 11.5 Å². The van der Waals surface area contributed by atoms with Crippen molar-refractivity contribution in [3.63, 3.8) is 0 Å². The van der Waals surface area contributed by atoms with Gasteiger partial charge in [-0.05, 0) is 25.4 Å². The lowest BCUT2D eigenvalue weighted by molar-refractivity contribution is -0.00713. The van der Waals surface area contributed by atoms with E-state index in [1.54, 1.807) is 13.2 Å². The van der Waals surface area contributed by atoms with Crippen molar-refractivity contribution in [3.05, 3.63) is 27.9 Å². The summed E-state index contributed by atoms with van der Waals surface area (Å²) in [5.41, 5.74) is 2.08. The van der Waals surface area contributed by atoms with Crippen LogP contribution in [0.1, 0.15) is 46.6 Å². The van der Waals surface area contributed by atoms with Gasteiger partial charge in [-0.1, -0.05) is 0 Å². The summed E-state index contributed by atoms with van der Waals surface area (Å²) in [6, 6.07) is 1.75. The number of aromatic nitrogens is 3. The number of hydrogen-bond acceptors (Lipinski definition) is 7. The number of H-pyrrole nitrogens is 1. The van der Waals surface area contributed by atoms with Crippen LogP contribution < -0.4 is 4.74 Å². The van der Waals surface area contributed by atoms with Gasteiger partial charge >= 0.3 is 5.97 Å². The molecular formula is C14H17N3O4S. The summed E-state index contributed by atoms with van der Waals surface area (Å²) in [6.07, 6.45) is 0.602. The van der Waals surface area contributed by atoms with Crippen molar-refractivity contribution in [2.24, 2.45) is 0 Å². The predicted molar refractivity (Wildman–Crippen MR) is 79.0 cm³/mol. The lowest BCUT2D eigenvalue weighted by Crippen LogP contribution is -2.23. The largest absolute Gasteiger partial charge is 0.480 e. The van der Waals surface area contributed by atoms with Gasteiger partial charge in [0, 0.05) is 18.1 Å². The van der Waals surface area contributed by atoms with Crippen molar-refractivity contribution in [1.29, 1.82) is 0 Å². The molecule has 0 bridgehead atoms. The van der Waals surface area contributed by atoms with Gasteiger partial charge in [0.2, 0.25) is 5.88 Å². The zero-order valence-corrected chi connectivity index (χ0v) is 13.4. The molecule has 2 aromatic rings. The first-order valence-corrected chi connectivity index (χ1v) is 7.75. The van der Waals surface area contributed by atoms with Crippen molar-refractivity contribution in [2.45, 2.75) is 39.1 Å². The molecule has 1 N–H and O–H groups in total. The van der Waals surface area contributed by atoms with Crippen LogP contribution in [0.3, 0.4) is 0 Å². The Morgan fingerprint density at radius 3 is 3.09 bits per heavy atom. The molecule has 7 nitrogen and oxygen atoms in total. The SMILES string of the molecule is COc1cc(COC(=O)c2n[nH]c3c2C[C@H](C)O[C@@H]3C)sn1. The van der Waals surface area contributed by atoms with Crippen LogP contribution in [0, 0.1) is 0 Å². The number of hydrogen-bond donors (Lipinski definition) is 1. The van der Waals surface area contributed by atoms with E-state index in [0.29, 0.717) is 18.0 Å². The molecule has 1 aliphatic rings. The number of methoxy groups -OCH3 is 1. The molecule has 0 radical (unpaired) electrons. The highest BCUT2D eigenvalue weighted by atomic mass is 32.1. The van der Waals surface area contributed by atoms with Gasteiger partial charge < -0.3 is 14.2 Å². The highest BCUT2D eigenvalue weighted by molar-refractivity contribution is 7.05. The van der Waals surface area contributed by atoms with Crippen LogP contribution in [0.2, 0.25) is 0 Å². The van der Waals surface area contributed by atoms with Crippen molar-refractivity contribution < 1.29 is 19.0 Å². The Morgan fingerprint density at radius 1 is 1.55 bits per heavy atom. The van der Waals surface area contributed by atoms with E-state index in [2.05, 4.69) is 14.6 Å². The molecule has 0 spiro atoms. The zero-order valence-electron chi connectivity index (χ0n) is 12.6. The lowest BCUT2D eigenvalue weighted by Gasteiger charge is -2.25. The normalized spacial score (nSPS) is 20.5. The first-order valence-electron chi connectivity index (χ1n) is 6.97. The number of nitrogens with zero attached hydrogens (tertiary/aromatic N) is 2. The molecule has 0 amide bonds. The first kappa shape index (κ1) is 15.0. The van der Waals surface area contributed by atoms with E-state index in [0.717, 1.165) is 16.1 Å².